The fourth-order valence-electron chi connectivity index (χ4n) is 3.45. The molecule has 0 saturated carbocycles. The number of halogens is 1. The van der Waals surface area contributed by atoms with Gasteiger partial charge in [-0.3, -0.25) is 0 Å². The number of rotatable bonds is 4. The number of methoxy groups -OCH3 is 1. The molecular weight excluding hydrogens is 318 g/mol. The third-order valence-electron chi connectivity index (χ3n) is 4.81. The molecule has 3 rings (SSSR count). The highest BCUT2D eigenvalue weighted by molar-refractivity contribution is 5.86. The number of nitrogens with one attached hydrogen (secondary N) is 1. The molecule has 0 atom stereocenters. The van der Waals surface area contributed by atoms with E-state index in [9.17, 15) is 4.79 Å². The molecule has 0 aliphatic carbocycles. The summed E-state index contributed by atoms with van der Waals surface area (Å²) < 4.78 is 6.50. The van der Waals surface area contributed by atoms with E-state index in [1.54, 1.807) is 6.20 Å². The Morgan fingerprint density at radius 2 is 2.00 bits per heavy atom. The van der Waals surface area contributed by atoms with E-state index in [0.717, 1.165) is 44.9 Å². The lowest BCUT2D eigenvalue weighted by Gasteiger charge is -2.35. The fraction of sp³-hybridized carbons (Fsp3) is 0.800. The average molecular weight is 344 g/mol. The third kappa shape index (κ3) is 4.65. The van der Waals surface area contributed by atoms with Gasteiger partial charge in [0.05, 0.1) is 19.3 Å². The van der Waals surface area contributed by atoms with Crippen LogP contribution < -0.4 is 5.32 Å². The zero-order chi connectivity index (χ0) is 15.4. The minimum Gasteiger partial charge on any atom is -0.464 e. The Hall–Kier alpha value is -1.18. The minimum atomic E-state index is -0.422. The minimum absolute atomic E-state index is 0. The smallest absolute Gasteiger partial charge is 0.360 e. The van der Waals surface area contributed by atoms with Gasteiger partial charge in [-0.15, -0.1) is 17.5 Å². The van der Waals surface area contributed by atoms with Crippen molar-refractivity contribution in [2.24, 2.45) is 5.92 Å². The van der Waals surface area contributed by atoms with E-state index in [0.29, 0.717) is 11.7 Å². The lowest BCUT2D eigenvalue weighted by molar-refractivity contribution is 0.0594. The maximum atomic E-state index is 11.4. The Morgan fingerprint density at radius 1 is 1.30 bits per heavy atom. The van der Waals surface area contributed by atoms with Crippen LogP contribution in [0.15, 0.2) is 6.20 Å². The van der Waals surface area contributed by atoms with Crippen LogP contribution in [-0.2, 0) is 4.74 Å². The zero-order valence-electron chi connectivity index (χ0n) is 13.6. The summed E-state index contributed by atoms with van der Waals surface area (Å²) >= 11 is 0. The number of esters is 1. The topological polar surface area (TPSA) is 72.3 Å². The van der Waals surface area contributed by atoms with E-state index in [4.69, 9.17) is 0 Å². The maximum absolute atomic E-state index is 11.4. The molecule has 1 aromatic rings. The van der Waals surface area contributed by atoms with Crippen molar-refractivity contribution in [2.75, 3.05) is 39.8 Å². The molecule has 0 bridgehead atoms. The average Bonchev–Trinajstić information content (AvgIpc) is 3.06. The van der Waals surface area contributed by atoms with Gasteiger partial charge in [-0.2, -0.15) is 0 Å². The second kappa shape index (κ2) is 8.61. The summed E-state index contributed by atoms with van der Waals surface area (Å²) in [5.41, 5.74) is 0.291. The predicted molar refractivity (Wildman–Crippen MR) is 88.9 cm³/mol. The molecule has 130 valence electrons. The van der Waals surface area contributed by atoms with Crippen LogP contribution in [0, 0.1) is 5.92 Å². The second-order valence-electron chi connectivity index (χ2n) is 6.30. The van der Waals surface area contributed by atoms with Crippen molar-refractivity contribution in [3.05, 3.63) is 11.9 Å². The molecule has 1 N–H and O–H groups in total. The molecule has 2 aliphatic heterocycles. The highest BCUT2D eigenvalue weighted by Gasteiger charge is 2.25. The molecule has 0 radical (unpaired) electrons. The Bertz CT molecular complexity index is 496. The first kappa shape index (κ1) is 18.2. The molecule has 0 aromatic carbocycles. The second-order valence-corrected chi connectivity index (χ2v) is 6.30. The summed E-state index contributed by atoms with van der Waals surface area (Å²) in [5, 5.41) is 11.4. The lowest BCUT2D eigenvalue weighted by atomic mass is 9.96. The van der Waals surface area contributed by atoms with Crippen molar-refractivity contribution in [1.29, 1.82) is 0 Å². The van der Waals surface area contributed by atoms with Gasteiger partial charge >= 0.3 is 5.97 Å². The highest BCUT2D eigenvalue weighted by atomic mass is 35.5. The van der Waals surface area contributed by atoms with Crippen molar-refractivity contribution >= 4 is 18.4 Å². The van der Waals surface area contributed by atoms with Crippen LogP contribution in [-0.4, -0.2) is 65.7 Å². The Labute approximate surface area is 143 Å². The molecule has 23 heavy (non-hydrogen) atoms. The summed E-state index contributed by atoms with van der Waals surface area (Å²) in [5.74, 6) is 0.421. The first-order chi connectivity index (χ1) is 10.8. The number of likely N-dealkylation sites (tertiary alicyclic amines) is 1. The van der Waals surface area contributed by atoms with Crippen molar-refractivity contribution in [1.82, 2.24) is 25.2 Å². The van der Waals surface area contributed by atoms with Crippen molar-refractivity contribution in [3.8, 4) is 0 Å². The van der Waals surface area contributed by atoms with E-state index in [1.807, 2.05) is 4.68 Å². The van der Waals surface area contributed by atoms with Crippen LogP contribution in [0.25, 0.3) is 0 Å². The van der Waals surface area contributed by atoms with Crippen molar-refractivity contribution < 1.29 is 9.53 Å². The van der Waals surface area contributed by atoms with E-state index >= 15 is 0 Å². The summed E-state index contributed by atoms with van der Waals surface area (Å²) in [4.78, 5) is 14.0. The monoisotopic (exact) mass is 343 g/mol. The predicted octanol–water partition coefficient (Wildman–Crippen LogP) is 1.12. The van der Waals surface area contributed by atoms with Gasteiger partial charge in [0.1, 0.15) is 0 Å². The van der Waals surface area contributed by atoms with Crippen LogP contribution in [0.2, 0.25) is 0 Å². The van der Waals surface area contributed by atoms with Crippen LogP contribution in [0.3, 0.4) is 0 Å². The number of hydrogen-bond acceptors (Lipinski definition) is 6. The molecule has 2 saturated heterocycles. The van der Waals surface area contributed by atoms with Gasteiger partial charge in [0.2, 0.25) is 0 Å². The number of nitrogens with zero attached hydrogens (tertiary/aromatic N) is 4. The molecule has 2 fully saturated rings. The van der Waals surface area contributed by atoms with Gasteiger partial charge in [-0.1, -0.05) is 5.21 Å². The molecule has 1 aromatic heterocycles. The van der Waals surface area contributed by atoms with Crippen LogP contribution in [0.5, 0.6) is 0 Å². The molecule has 0 spiro atoms. The summed E-state index contributed by atoms with van der Waals surface area (Å²) in [6, 6.07) is 0.343. The van der Waals surface area contributed by atoms with E-state index < -0.39 is 5.97 Å². The van der Waals surface area contributed by atoms with E-state index in [-0.39, 0.29) is 12.4 Å². The summed E-state index contributed by atoms with van der Waals surface area (Å²) in [7, 11) is 1.36. The van der Waals surface area contributed by atoms with Gasteiger partial charge in [-0.25, -0.2) is 9.48 Å². The third-order valence-corrected chi connectivity index (χ3v) is 4.81. The first-order valence-electron chi connectivity index (χ1n) is 8.19. The van der Waals surface area contributed by atoms with Gasteiger partial charge in [0.25, 0.3) is 0 Å². The number of ether oxygens (including phenoxy) is 1. The highest BCUT2D eigenvalue weighted by Crippen LogP contribution is 2.23. The van der Waals surface area contributed by atoms with Crippen molar-refractivity contribution in [3.63, 3.8) is 0 Å². The lowest BCUT2D eigenvalue weighted by Crippen LogP contribution is -2.40. The number of piperidine rings is 2. The molecule has 7 nitrogen and oxygen atoms in total. The Balaban J connectivity index is 0.00000192. The standard InChI is InChI=1S/C15H25N5O2.ClH/c1-22-15(21)14-11-20(18-17-14)13-4-8-19(9-5-13)10-12-2-6-16-7-3-12;/h11-13,16H,2-10H2,1H3;1H. The van der Waals surface area contributed by atoms with Gasteiger partial charge < -0.3 is 15.0 Å². The zero-order valence-corrected chi connectivity index (χ0v) is 14.4. The summed E-state index contributed by atoms with van der Waals surface area (Å²) in [6.07, 6.45) is 6.43. The molecule has 0 amide bonds. The summed E-state index contributed by atoms with van der Waals surface area (Å²) in [6.45, 7) is 5.75. The molecule has 8 heteroatoms. The normalized spacial score (nSPS) is 20.9. The Morgan fingerprint density at radius 3 is 2.65 bits per heavy atom. The Kier molecular flexibility index (Phi) is 6.80. The fourth-order valence-corrected chi connectivity index (χ4v) is 3.45. The van der Waals surface area contributed by atoms with Crippen molar-refractivity contribution in [2.45, 2.75) is 31.7 Å². The number of carbonyl (C=O) groups is 1. The van der Waals surface area contributed by atoms with Gasteiger partial charge in [0, 0.05) is 19.6 Å². The SMILES string of the molecule is COC(=O)c1cn(C2CCN(CC3CCNCC3)CC2)nn1.Cl. The molecule has 0 unspecified atom stereocenters. The largest absolute Gasteiger partial charge is 0.464 e. The quantitative estimate of drug-likeness (QED) is 0.826. The first-order valence-corrected chi connectivity index (χ1v) is 8.19. The number of hydrogen-bond donors (Lipinski definition) is 1. The van der Waals surface area contributed by atoms with E-state index in [1.165, 1.54) is 26.5 Å². The molecule has 2 aliphatic rings. The number of aromatic nitrogens is 3. The van der Waals surface area contributed by atoms with Crippen LogP contribution in [0.4, 0.5) is 0 Å². The van der Waals surface area contributed by atoms with Crippen LogP contribution >= 0.6 is 12.4 Å². The van der Waals surface area contributed by atoms with Crippen LogP contribution in [0.1, 0.15) is 42.2 Å². The number of carbonyl (C=O) groups excluding carboxylic acids is 1. The van der Waals surface area contributed by atoms with Gasteiger partial charge in [0.15, 0.2) is 5.69 Å². The van der Waals surface area contributed by atoms with E-state index in [2.05, 4.69) is 25.3 Å². The molecule has 3 heterocycles. The van der Waals surface area contributed by atoms with Gasteiger partial charge in [-0.05, 0) is 44.7 Å². The molecular formula is C15H26ClN5O2. The maximum Gasteiger partial charge on any atom is 0.360 e.